The van der Waals surface area contributed by atoms with E-state index in [1.165, 1.54) is 38.1 Å². The van der Waals surface area contributed by atoms with E-state index in [-0.39, 0.29) is 6.04 Å². The van der Waals surface area contributed by atoms with E-state index in [1.54, 1.807) is 0 Å². The highest BCUT2D eigenvalue weighted by atomic mass is 32.2. The lowest BCUT2D eigenvalue weighted by Crippen LogP contribution is -2.43. The van der Waals surface area contributed by atoms with Crippen LogP contribution in [0.1, 0.15) is 52.7 Å². The van der Waals surface area contributed by atoms with E-state index in [1.807, 2.05) is 11.8 Å². The van der Waals surface area contributed by atoms with E-state index in [9.17, 15) is 0 Å². The van der Waals surface area contributed by atoms with Gasteiger partial charge in [-0.25, -0.2) is 0 Å². The molecule has 0 saturated heterocycles. The average molecular weight is 687 g/mol. The maximum absolute atomic E-state index is 7.03. The zero-order chi connectivity index (χ0) is 35.1. The summed E-state index contributed by atoms with van der Waals surface area (Å²) in [5.41, 5.74) is 10.5. The minimum Gasteiger partial charge on any atom is -0.453 e. The first kappa shape index (κ1) is 31.6. The van der Waals surface area contributed by atoms with Crippen LogP contribution in [0.25, 0.3) is 0 Å². The van der Waals surface area contributed by atoms with E-state index in [0.717, 1.165) is 39.8 Å². The van der Waals surface area contributed by atoms with Gasteiger partial charge in [0, 0.05) is 27.0 Å². The normalized spacial score (nSPS) is 14.4. The van der Waals surface area contributed by atoms with Gasteiger partial charge in [0.2, 0.25) is 0 Å². The monoisotopic (exact) mass is 686 g/mol. The molecule has 0 aliphatic carbocycles. The summed E-state index contributed by atoms with van der Waals surface area (Å²) in [5, 5.41) is 3.88. The number of anilines is 8. The maximum Gasteiger partial charge on any atom is 0.156 e. The topological polar surface area (TPSA) is 31.0 Å². The second-order valence-electron chi connectivity index (χ2n) is 14.9. The number of ether oxygens (including phenoxy) is 1. The highest BCUT2D eigenvalue weighted by Crippen LogP contribution is 2.59. The highest BCUT2D eigenvalue weighted by molar-refractivity contribution is 7.99. The zero-order valence-electron chi connectivity index (χ0n) is 29.9. The van der Waals surface area contributed by atoms with Gasteiger partial charge in [0.1, 0.15) is 0 Å². The van der Waals surface area contributed by atoms with Crippen LogP contribution in [0.2, 0.25) is 0 Å². The van der Waals surface area contributed by atoms with Crippen LogP contribution in [-0.2, 0) is 11.1 Å². The van der Waals surface area contributed by atoms with Crippen LogP contribution < -0.4 is 24.8 Å². The fourth-order valence-corrected chi connectivity index (χ4v) is 9.46. The molecule has 0 radical (unpaired) electrons. The predicted octanol–water partition coefficient (Wildman–Crippen LogP) is 13.0. The summed E-state index contributed by atoms with van der Waals surface area (Å²) in [5.74, 6) is 1.73. The number of hydrogen-bond donors (Lipinski definition) is 1. The van der Waals surface area contributed by atoms with Gasteiger partial charge in [0.25, 0.3) is 0 Å². The molecule has 3 aliphatic heterocycles. The van der Waals surface area contributed by atoms with E-state index < -0.39 is 11.1 Å². The number of benzene rings is 6. The van der Waals surface area contributed by atoms with E-state index in [0.29, 0.717) is 0 Å². The molecule has 0 bridgehead atoms. The molecule has 0 fully saturated rings. The van der Waals surface area contributed by atoms with Crippen molar-refractivity contribution in [3.05, 3.63) is 145 Å². The predicted molar refractivity (Wildman–Crippen MR) is 214 cm³/mol. The molecule has 5 nitrogen and oxygen atoms in total. The zero-order valence-corrected chi connectivity index (χ0v) is 30.8. The first-order valence-electron chi connectivity index (χ1n) is 17.8. The molecule has 6 aromatic carbocycles. The number of rotatable bonds is 5. The standard InChI is InChI=1S/C45H42N4OS/c1-29(2)47-33-20-8-7-19-32(33)46-42-30(17-15-24-37(42)47)44(3,4)48-34-21-9-12-26-39(34)50-43-31(18-16-25-38(43)48)45(5,6)49-35-22-10-13-27-40(35)51-41-28-14-11-23-36(41)49/h7-29,46H,1-6H3. The van der Waals surface area contributed by atoms with E-state index in [2.05, 4.69) is 195 Å². The molecule has 51 heavy (non-hydrogen) atoms. The fraction of sp³-hybridized carbons (Fsp3) is 0.200. The van der Waals surface area contributed by atoms with Crippen LogP contribution in [0, 0.1) is 0 Å². The van der Waals surface area contributed by atoms with Crippen molar-refractivity contribution < 1.29 is 4.74 Å². The number of para-hydroxylation sites is 8. The van der Waals surface area contributed by atoms with Crippen LogP contribution in [0.3, 0.4) is 0 Å². The van der Waals surface area contributed by atoms with Gasteiger partial charge < -0.3 is 24.8 Å². The van der Waals surface area contributed by atoms with Gasteiger partial charge in [0.15, 0.2) is 11.5 Å². The molecular weight excluding hydrogens is 645 g/mol. The lowest BCUT2D eigenvalue weighted by Gasteiger charge is -2.48. The van der Waals surface area contributed by atoms with E-state index in [4.69, 9.17) is 4.74 Å². The molecule has 0 spiro atoms. The quantitative estimate of drug-likeness (QED) is 0.194. The Morgan fingerprint density at radius 2 is 1.04 bits per heavy atom. The van der Waals surface area contributed by atoms with Gasteiger partial charge >= 0.3 is 0 Å². The molecule has 254 valence electrons. The van der Waals surface area contributed by atoms with Gasteiger partial charge in [-0.05, 0) is 102 Å². The van der Waals surface area contributed by atoms with Crippen LogP contribution >= 0.6 is 11.8 Å². The van der Waals surface area contributed by atoms with Crippen LogP contribution in [-0.4, -0.2) is 6.04 Å². The molecule has 6 heteroatoms. The Balaban J connectivity index is 1.23. The third-order valence-corrected chi connectivity index (χ3v) is 11.8. The van der Waals surface area contributed by atoms with E-state index >= 15 is 0 Å². The fourth-order valence-electron chi connectivity index (χ4n) is 8.40. The minimum absolute atomic E-state index is 0.281. The van der Waals surface area contributed by atoms with Gasteiger partial charge in [-0.15, -0.1) is 0 Å². The SMILES string of the molecule is CC(C)N1c2ccccc2Nc2c1cccc2C(C)(C)N1c2ccccc2Oc2c1cccc2C(C)(C)N1c2ccccc2Sc2ccccc21. The summed E-state index contributed by atoms with van der Waals surface area (Å²) >= 11 is 1.84. The molecular formula is C45H42N4OS. The minimum atomic E-state index is -0.494. The summed E-state index contributed by atoms with van der Waals surface area (Å²) in [7, 11) is 0. The molecule has 0 aromatic heterocycles. The lowest BCUT2D eigenvalue weighted by molar-refractivity contribution is 0.421. The Bertz CT molecular complexity index is 2280. The van der Waals surface area contributed by atoms with Crippen molar-refractivity contribution in [1.82, 2.24) is 0 Å². The van der Waals surface area contributed by atoms with Crippen LogP contribution in [0.15, 0.2) is 143 Å². The third-order valence-electron chi connectivity index (χ3n) is 10.7. The summed E-state index contributed by atoms with van der Waals surface area (Å²) in [6.07, 6.45) is 0. The Hall–Kier alpha value is -5.33. The number of hydrogen-bond acceptors (Lipinski definition) is 6. The smallest absolute Gasteiger partial charge is 0.156 e. The average Bonchev–Trinajstić information content (AvgIpc) is 3.14. The summed E-state index contributed by atoms with van der Waals surface area (Å²) in [4.78, 5) is 9.95. The second kappa shape index (κ2) is 11.6. The first-order chi connectivity index (χ1) is 24.7. The van der Waals surface area contributed by atoms with Crippen molar-refractivity contribution in [1.29, 1.82) is 0 Å². The third kappa shape index (κ3) is 4.76. The van der Waals surface area contributed by atoms with Crippen molar-refractivity contribution in [2.24, 2.45) is 0 Å². The summed E-state index contributed by atoms with van der Waals surface area (Å²) < 4.78 is 7.03. The number of nitrogens with zero attached hydrogens (tertiary/aromatic N) is 3. The molecule has 1 N–H and O–H groups in total. The van der Waals surface area contributed by atoms with Gasteiger partial charge in [0.05, 0.1) is 56.6 Å². The molecule has 0 atom stereocenters. The summed E-state index contributed by atoms with van der Waals surface area (Å²) in [6, 6.07) is 48.2. The molecule has 3 heterocycles. The number of fused-ring (bicyclic) bond motifs is 6. The van der Waals surface area contributed by atoms with Gasteiger partial charge in [-0.1, -0.05) is 84.6 Å². The van der Waals surface area contributed by atoms with Crippen molar-refractivity contribution in [3.63, 3.8) is 0 Å². The molecule has 3 aliphatic rings. The van der Waals surface area contributed by atoms with Crippen LogP contribution in [0.4, 0.5) is 45.5 Å². The lowest BCUT2D eigenvalue weighted by atomic mass is 9.85. The Labute approximate surface area is 305 Å². The second-order valence-corrected chi connectivity index (χ2v) is 15.9. The Morgan fingerprint density at radius 1 is 0.529 bits per heavy atom. The van der Waals surface area contributed by atoms with Crippen molar-refractivity contribution in [2.75, 3.05) is 20.0 Å². The molecule has 0 saturated carbocycles. The van der Waals surface area contributed by atoms with Crippen molar-refractivity contribution >= 4 is 57.3 Å². The van der Waals surface area contributed by atoms with Crippen molar-refractivity contribution in [2.45, 2.75) is 68.5 Å². The maximum atomic E-state index is 7.03. The van der Waals surface area contributed by atoms with Crippen LogP contribution in [0.5, 0.6) is 11.5 Å². The number of nitrogens with one attached hydrogen (secondary N) is 1. The molecule has 0 amide bonds. The molecule has 6 aromatic rings. The molecule has 9 rings (SSSR count). The Kier molecular flexibility index (Phi) is 7.20. The van der Waals surface area contributed by atoms with Gasteiger partial charge in [-0.3, -0.25) is 0 Å². The van der Waals surface area contributed by atoms with Gasteiger partial charge in [-0.2, -0.15) is 0 Å². The largest absolute Gasteiger partial charge is 0.453 e. The highest BCUT2D eigenvalue weighted by Gasteiger charge is 2.44. The van der Waals surface area contributed by atoms with Crippen molar-refractivity contribution in [3.8, 4) is 11.5 Å². The summed E-state index contributed by atoms with van der Waals surface area (Å²) in [6.45, 7) is 13.8. The molecule has 0 unspecified atom stereocenters. The Morgan fingerprint density at radius 3 is 1.73 bits per heavy atom. The first-order valence-corrected chi connectivity index (χ1v) is 18.6.